The van der Waals surface area contributed by atoms with Crippen LogP contribution >= 0.6 is 11.6 Å². The summed E-state index contributed by atoms with van der Waals surface area (Å²) >= 11 is 5.95. The fraction of sp³-hybridized carbons (Fsp3) is 0.222. The Morgan fingerprint density at radius 2 is 1.70 bits per heavy atom. The Morgan fingerprint density at radius 1 is 1.00 bits per heavy atom. The van der Waals surface area contributed by atoms with Gasteiger partial charge in [0.1, 0.15) is 0 Å². The van der Waals surface area contributed by atoms with E-state index in [0.717, 1.165) is 11.1 Å². The number of hydrogen-bond donors (Lipinski definition) is 2. The molecule has 0 atom stereocenters. The number of hydrogen-bond acceptors (Lipinski definition) is 2. The van der Waals surface area contributed by atoms with Gasteiger partial charge in [0.15, 0.2) is 0 Å². The highest BCUT2D eigenvalue weighted by Gasteiger charge is 2.09. The van der Waals surface area contributed by atoms with Gasteiger partial charge in [-0.3, -0.25) is 9.59 Å². The van der Waals surface area contributed by atoms with Crippen LogP contribution in [-0.4, -0.2) is 18.4 Å². The fourth-order valence-corrected chi connectivity index (χ4v) is 2.34. The van der Waals surface area contributed by atoms with Gasteiger partial charge in [0.25, 0.3) is 5.91 Å². The molecule has 0 spiro atoms. The molecule has 2 aromatic rings. The average Bonchev–Trinajstić information content (AvgIpc) is 2.54. The quantitative estimate of drug-likeness (QED) is 0.855. The zero-order valence-corrected chi connectivity index (χ0v) is 13.7. The number of rotatable bonds is 6. The van der Waals surface area contributed by atoms with Gasteiger partial charge < -0.3 is 10.6 Å². The van der Waals surface area contributed by atoms with Crippen molar-refractivity contribution in [3.8, 4) is 0 Å². The van der Waals surface area contributed by atoms with E-state index in [1.165, 1.54) is 0 Å². The van der Waals surface area contributed by atoms with E-state index in [-0.39, 0.29) is 24.8 Å². The number of carbonyl (C=O) groups excluding carboxylic acids is 2. The molecule has 2 N–H and O–H groups in total. The summed E-state index contributed by atoms with van der Waals surface area (Å²) in [6, 6.07) is 14.7. The van der Waals surface area contributed by atoms with Crippen molar-refractivity contribution in [3.63, 3.8) is 0 Å². The molecule has 5 heteroatoms. The van der Waals surface area contributed by atoms with Crippen LogP contribution in [0, 0.1) is 6.92 Å². The summed E-state index contributed by atoms with van der Waals surface area (Å²) in [4.78, 5) is 23.8. The minimum absolute atomic E-state index is 0.104. The number of benzene rings is 2. The van der Waals surface area contributed by atoms with Crippen molar-refractivity contribution in [1.29, 1.82) is 0 Å². The lowest BCUT2D eigenvalue weighted by Crippen LogP contribution is -2.30. The predicted molar refractivity (Wildman–Crippen MR) is 91.4 cm³/mol. The molecule has 0 unspecified atom stereocenters. The lowest BCUT2D eigenvalue weighted by Gasteiger charge is -2.09. The zero-order chi connectivity index (χ0) is 16.7. The van der Waals surface area contributed by atoms with E-state index in [4.69, 9.17) is 11.6 Å². The second-order valence-corrected chi connectivity index (χ2v) is 5.60. The average molecular weight is 331 g/mol. The van der Waals surface area contributed by atoms with Crippen LogP contribution < -0.4 is 10.6 Å². The van der Waals surface area contributed by atoms with Crippen LogP contribution in [0.4, 0.5) is 0 Å². The van der Waals surface area contributed by atoms with Crippen LogP contribution in [0.3, 0.4) is 0 Å². The Kier molecular flexibility index (Phi) is 6.18. The molecule has 23 heavy (non-hydrogen) atoms. The fourth-order valence-electron chi connectivity index (χ4n) is 2.12. The van der Waals surface area contributed by atoms with Crippen LogP contribution in [-0.2, 0) is 11.3 Å². The lowest BCUT2D eigenvalue weighted by atomic mass is 10.1. The largest absolute Gasteiger partial charge is 0.352 e. The Balaban J connectivity index is 1.74. The number of carbonyl (C=O) groups is 2. The minimum Gasteiger partial charge on any atom is -0.352 e. The molecule has 4 nitrogen and oxygen atoms in total. The molecule has 0 aromatic heterocycles. The topological polar surface area (TPSA) is 58.2 Å². The first-order valence-electron chi connectivity index (χ1n) is 7.42. The van der Waals surface area contributed by atoms with Crippen LogP contribution in [0.25, 0.3) is 0 Å². The Hall–Kier alpha value is -2.33. The Labute approximate surface area is 140 Å². The number of amides is 2. The van der Waals surface area contributed by atoms with Gasteiger partial charge in [-0.2, -0.15) is 0 Å². The second kappa shape index (κ2) is 8.34. The molecule has 2 rings (SSSR count). The van der Waals surface area contributed by atoms with Crippen molar-refractivity contribution in [2.75, 3.05) is 6.54 Å². The van der Waals surface area contributed by atoms with Crippen molar-refractivity contribution in [1.82, 2.24) is 10.6 Å². The SMILES string of the molecule is Cc1ccccc1CNC(=O)CCNC(=O)c1ccccc1Cl. The number of aryl methyl sites for hydroxylation is 1. The lowest BCUT2D eigenvalue weighted by molar-refractivity contribution is -0.121. The third-order valence-electron chi connectivity index (χ3n) is 3.49. The molecular formula is C18H19ClN2O2. The van der Waals surface area contributed by atoms with E-state index in [1.807, 2.05) is 31.2 Å². The summed E-state index contributed by atoms with van der Waals surface area (Å²) in [5.74, 6) is -0.380. The van der Waals surface area contributed by atoms with E-state index in [9.17, 15) is 9.59 Å². The summed E-state index contributed by atoms with van der Waals surface area (Å²) < 4.78 is 0. The van der Waals surface area contributed by atoms with E-state index in [1.54, 1.807) is 24.3 Å². The van der Waals surface area contributed by atoms with Gasteiger partial charge in [-0.05, 0) is 30.2 Å². The van der Waals surface area contributed by atoms with Crippen molar-refractivity contribution < 1.29 is 9.59 Å². The first kappa shape index (κ1) is 17.0. The number of halogens is 1. The smallest absolute Gasteiger partial charge is 0.252 e. The summed E-state index contributed by atoms with van der Waals surface area (Å²) in [5.41, 5.74) is 2.63. The van der Waals surface area contributed by atoms with Gasteiger partial charge in [0.2, 0.25) is 5.91 Å². The second-order valence-electron chi connectivity index (χ2n) is 5.19. The molecule has 120 valence electrons. The van der Waals surface area contributed by atoms with Gasteiger partial charge in [0.05, 0.1) is 10.6 Å². The molecule has 0 aliphatic rings. The molecule has 0 heterocycles. The molecule has 0 aliphatic heterocycles. The normalized spacial score (nSPS) is 10.2. The molecule has 0 fully saturated rings. The third kappa shape index (κ3) is 5.11. The van der Waals surface area contributed by atoms with E-state index in [0.29, 0.717) is 17.1 Å². The van der Waals surface area contributed by atoms with Crippen LogP contribution in [0.15, 0.2) is 48.5 Å². The predicted octanol–water partition coefficient (Wildman–Crippen LogP) is 3.08. The van der Waals surface area contributed by atoms with Gasteiger partial charge >= 0.3 is 0 Å². The Bertz CT molecular complexity index is 701. The van der Waals surface area contributed by atoms with Gasteiger partial charge in [-0.1, -0.05) is 48.0 Å². The molecule has 0 saturated carbocycles. The van der Waals surface area contributed by atoms with Crippen molar-refractivity contribution in [2.45, 2.75) is 19.9 Å². The maximum absolute atomic E-state index is 11.9. The standard InChI is InChI=1S/C18H19ClN2O2/c1-13-6-2-3-7-14(13)12-21-17(22)10-11-20-18(23)15-8-4-5-9-16(15)19/h2-9H,10-12H2,1H3,(H,20,23)(H,21,22). The first-order valence-corrected chi connectivity index (χ1v) is 7.79. The summed E-state index contributed by atoms with van der Waals surface area (Å²) in [6.07, 6.45) is 0.224. The number of nitrogens with one attached hydrogen (secondary N) is 2. The summed E-state index contributed by atoms with van der Waals surface area (Å²) in [6.45, 7) is 2.76. The van der Waals surface area contributed by atoms with Gasteiger partial charge in [-0.15, -0.1) is 0 Å². The van der Waals surface area contributed by atoms with E-state index >= 15 is 0 Å². The van der Waals surface area contributed by atoms with Gasteiger partial charge in [-0.25, -0.2) is 0 Å². The van der Waals surface area contributed by atoms with Crippen molar-refractivity contribution >= 4 is 23.4 Å². The molecule has 2 aromatic carbocycles. The first-order chi connectivity index (χ1) is 11.1. The molecule has 0 bridgehead atoms. The van der Waals surface area contributed by atoms with Crippen molar-refractivity contribution in [2.24, 2.45) is 0 Å². The highest BCUT2D eigenvalue weighted by atomic mass is 35.5. The molecular weight excluding hydrogens is 312 g/mol. The van der Waals surface area contributed by atoms with Crippen LogP contribution in [0.5, 0.6) is 0 Å². The minimum atomic E-state index is -0.276. The summed E-state index contributed by atoms with van der Waals surface area (Å²) in [7, 11) is 0. The van der Waals surface area contributed by atoms with Crippen LogP contribution in [0.1, 0.15) is 27.9 Å². The monoisotopic (exact) mass is 330 g/mol. The summed E-state index contributed by atoms with van der Waals surface area (Å²) in [5, 5.41) is 5.94. The zero-order valence-electron chi connectivity index (χ0n) is 12.9. The molecule has 0 saturated heterocycles. The molecule has 0 aliphatic carbocycles. The van der Waals surface area contributed by atoms with E-state index in [2.05, 4.69) is 10.6 Å². The Morgan fingerprint density at radius 3 is 2.43 bits per heavy atom. The third-order valence-corrected chi connectivity index (χ3v) is 3.82. The van der Waals surface area contributed by atoms with E-state index < -0.39 is 0 Å². The maximum Gasteiger partial charge on any atom is 0.252 e. The molecule has 0 radical (unpaired) electrons. The van der Waals surface area contributed by atoms with Gasteiger partial charge in [0, 0.05) is 19.5 Å². The van der Waals surface area contributed by atoms with Crippen LogP contribution in [0.2, 0.25) is 5.02 Å². The van der Waals surface area contributed by atoms with Crippen molar-refractivity contribution in [3.05, 3.63) is 70.2 Å². The highest BCUT2D eigenvalue weighted by molar-refractivity contribution is 6.33. The molecule has 2 amide bonds. The highest BCUT2D eigenvalue weighted by Crippen LogP contribution is 2.14. The maximum atomic E-state index is 11.9.